The van der Waals surface area contributed by atoms with Gasteiger partial charge in [-0.1, -0.05) is 34.8 Å². The zero-order valence-electron chi connectivity index (χ0n) is 9.93. The van der Waals surface area contributed by atoms with Crippen molar-refractivity contribution in [2.45, 2.75) is 37.3 Å². The van der Waals surface area contributed by atoms with Crippen LogP contribution in [0.1, 0.15) is 36.8 Å². The van der Waals surface area contributed by atoms with Gasteiger partial charge in [-0.15, -0.1) is 0 Å². The Morgan fingerprint density at radius 3 is 2.32 bits per heavy atom. The summed E-state index contributed by atoms with van der Waals surface area (Å²) >= 11 is 3.00. The summed E-state index contributed by atoms with van der Waals surface area (Å²) in [7, 11) is 0. The number of hydrogen-bond donors (Lipinski definition) is 1. The lowest BCUT2D eigenvalue weighted by molar-refractivity contribution is -0.146. The van der Waals surface area contributed by atoms with Crippen LogP contribution in [0.25, 0.3) is 0 Å². The molecule has 1 fully saturated rings. The van der Waals surface area contributed by atoms with Crippen molar-refractivity contribution >= 4 is 21.9 Å². The normalized spacial score (nSPS) is 18.5. The molecular formula is C13H12BrF3O2. The third kappa shape index (κ3) is 2.50. The Morgan fingerprint density at radius 2 is 1.84 bits per heavy atom. The van der Waals surface area contributed by atoms with Gasteiger partial charge >= 0.3 is 12.1 Å². The molecule has 0 radical (unpaired) electrons. The van der Waals surface area contributed by atoms with Gasteiger partial charge in [0.2, 0.25) is 0 Å². The first-order chi connectivity index (χ1) is 8.77. The number of benzene rings is 1. The van der Waals surface area contributed by atoms with Crippen molar-refractivity contribution in [3.63, 3.8) is 0 Å². The largest absolute Gasteiger partial charge is 0.481 e. The average molecular weight is 337 g/mol. The van der Waals surface area contributed by atoms with Gasteiger partial charge in [-0.25, -0.2) is 0 Å². The summed E-state index contributed by atoms with van der Waals surface area (Å²) in [5.74, 6) is -1.17. The molecule has 104 valence electrons. The molecule has 1 aliphatic rings. The third-order valence-electron chi connectivity index (χ3n) is 3.67. The van der Waals surface area contributed by atoms with Crippen LogP contribution < -0.4 is 0 Å². The fraction of sp³-hybridized carbons (Fsp3) is 0.462. The topological polar surface area (TPSA) is 37.3 Å². The first-order valence-corrected chi connectivity index (χ1v) is 6.67. The van der Waals surface area contributed by atoms with E-state index in [1.54, 1.807) is 0 Å². The summed E-state index contributed by atoms with van der Waals surface area (Å²) < 4.78 is 39.6. The number of aliphatic carboxylic acids is 1. The molecule has 1 aromatic rings. The molecule has 0 spiro atoms. The van der Waals surface area contributed by atoms with Crippen LogP contribution in [0.4, 0.5) is 13.2 Å². The lowest BCUT2D eigenvalue weighted by Crippen LogP contribution is -2.35. The number of carboxylic acids is 1. The lowest BCUT2D eigenvalue weighted by atomic mass is 9.76. The summed E-state index contributed by atoms with van der Waals surface area (Å²) in [6.45, 7) is 0. The molecule has 1 N–H and O–H groups in total. The molecule has 1 aromatic carbocycles. The monoisotopic (exact) mass is 336 g/mol. The first kappa shape index (κ1) is 14.4. The molecule has 1 aliphatic carbocycles. The summed E-state index contributed by atoms with van der Waals surface area (Å²) in [5, 5.41) is 9.40. The maximum atomic E-state index is 13.1. The van der Waals surface area contributed by atoms with E-state index in [-0.39, 0.29) is 18.4 Å². The molecule has 19 heavy (non-hydrogen) atoms. The van der Waals surface area contributed by atoms with E-state index >= 15 is 0 Å². The van der Waals surface area contributed by atoms with Crippen molar-refractivity contribution in [1.82, 2.24) is 0 Å². The first-order valence-electron chi connectivity index (χ1n) is 5.88. The van der Waals surface area contributed by atoms with Gasteiger partial charge in [0.1, 0.15) is 0 Å². The molecule has 0 aromatic heterocycles. The van der Waals surface area contributed by atoms with Crippen LogP contribution >= 0.6 is 15.9 Å². The zero-order valence-corrected chi connectivity index (χ0v) is 11.5. The van der Waals surface area contributed by atoms with Crippen LogP contribution in [0.5, 0.6) is 0 Å². The smallest absolute Gasteiger partial charge is 0.416 e. The maximum absolute atomic E-state index is 13.1. The van der Waals surface area contributed by atoms with Crippen molar-refractivity contribution in [1.29, 1.82) is 0 Å². The summed E-state index contributed by atoms with van der Waals surface area (Å²) in [6, 6.07) is 3.71. The predicted octanol–water partition coefficient (Wildman–Crippen LogP) is 4.36. The van der Waals surface area contributed by atoms with E-state index in [4.69, 9.17) is 0 Å². The molecule has 0 heterocycles. The Morgan fingerprint density at radius 1 is 1.26 bits per heavy atom. The number of carbonyl (C=O) groups is 1. The van der Waals surface area contributed by atoms with Crippen molar-refractivity contribution in [3.8, 4) is 0 Å². The van der Waals surface area contributed by atoms with E-state index in [2.05, 4.69) is 15.9 Å². The molecule has 6 heteroatoms. The lowest BCUT2D eigenvalue weighted by Gasteiger charge is -2.28. The third-order valence-corrected chi connectivity index (χ3v) is 4.16. The van der Waals surface area contributed by atoms with E-state index in [1.807, 2.05) is 0 Å². The molecule has 0 unspecified atom stereocenters. The van der Waals surface area contributed by atoms with Gasteiger partial charge < -0.3 is 5.11 Å². The van der Waals surface area contributed by atoms with Crippen molar-refractivity contribution < 1.29 is 23.1 Å². The summed E-state index contributed by atoms with van der Waals surface area (Å²) in [4.78, 5) is 11.5. The van der Waals surface area contributed by atoms with Crippen LogP contribution in [0.15, 0.2) is 22.7 Å². The highest BCUT2D eigenvalue weighted by atomic mass is 79.9. The second-order valence-electron chi connectivity index (χ2n) is 4.78. The van der Waals surface area contributed by atoms with Gasteiger partial charge in [-0.2, -0.15) is 13.2 Å². The molecular weight excluding hydrogens is 325 g/mol. The Labute approximate surface area is 116 Å². The standard InChI is InChI=1S/C13H12BrF3O2/c14-8-3-4-9(10(7-8)13(15,16)17)12(11(18)19)5-1-2-6-12/h3-4,7H,1-2,5-6H2,(H,18,19). The van der Waals surface area contributed by atoms with Crippen LogP contribution in [-0.2, 0) is 16.4 Å². The number of hydrogen-bond acceptors (Lipinski definition) is 1. The van der Waals surface area contributed by atoms with E-state index in [1.165, 1.54) is 12.1 Å². The van der Waals surface area contributed by atoms with Gasteiger partial charge in [-0.3, -0.25) is 4.79 Å². The van der Waals surface area contributed by atoms with Crippen molar-refractivity contribution in [2.75, 3.05) is 0 Å². The highest BCUT2D eigenvalue weighted by Crippen LogP contribution is 2.46. The summed E-state index contributed by atoms with van der Waals surface area (Å²) in [5.41, 5.74) is -2.37. The number of halogens is 4. The average Bonchev–Trinajstić information content (AvgIpc) is 2.78. The Hall–Kier alpha value is -1.04. The zero-order chi connectivity index (χ0) is 14.3. The minimum Gasteiger partial charge on any atom is -0.481 e. The van der Waals surface area contributed by atoms with Gasteiger partial charge in [0.15, 0.2) is 0 Å². The molecule has 2 rings (SSSR count). The minimum atomic E-state index is -4.55. The van der Waals surface area contributed by atoms with Crippen LogP contribution in [0, 0.1) is 0 Å². The fourth-order valence-corrected chi connectivity index (χ4v) is 3.11. The van der Waals surface area contributed by atoms with Crippen molar-refractivity contribution in [3.05, 3.63) is 33.8 Å². The molecule has 0 bridgehead atoms. The molecule has 0 atom stereocenters. The van der Waals surface area contributed by atoms with Gasteiger partial charge in [-0.05, 0) is 30.5 Å². The Kier molecular flexibility index (Phi) is 3.64. The van der Waals surface area contributed by atoms with Crippen LogP contribution in [0.2, 0.25) is 0 Å². The van der Waals surface area contributed by atoms with Gasteiger partial charge in [0, 0.05) is 4.47 Å². The number of rotatable bonds is 2. The molecule has 0 aliphatic heterocycles. The predicted molar refractivity (Wildman–Crippen MR) is 66.9 cm³/mol. The molecule has 2 nitrogen and oxygen atoms in total. The SMILES string of the molecule is O=C(O)C1(c2ccc(Br)cc2C(F)(F)F)CCCC1. The molecule has 1 saturated carbocycles. The van der Waals surface area contributed by atoms with E-state index in [0.717, 1.165) is 6.07 Å². The van der Waals surface area contributed by atoms with E-state index in [0.29, 0.717) is 17.3 Å². The second-order valence-corrected chi connectivity index (χ2v) is 5.70. The highest BCUT2D eigenvalue weighted by Gasteiger charge is 2.48. The maximum Gasteiger partial charge on any atom is 0.416 e. The fourth-order valence-electron chi connectivity index (χ4n) is 2.75. The van der Waals surface area contributed by atoms with Crippen LogP contribution in [-0.4, -0.2) is 11.1 Å². The van der Waals surface area contributed by atoms with Crippen molar-refractivity contribution in [2.24, 2.45) is 0 Å². The van der Waals surface area contributed by atoms with Crippen LogP contribution in [0.3, 0.4) is 0 Å². The van der Waals surface area contributed by atoms with E-state index < -0.39 is 23.1 Å². The molecule has 0 amide bonds. The van der Waals surface area contributed by atoms with Gasteiger partial charge in [0.05, 0.1) is 11.0 Å². The van der Waals surface area contributed by atoms with Gasteiger partial charge in [0.25, 0.3) is 0 Å². The Balaban J connectivity index is 2.64. The second kappa shape index (κ2) is 4.81. The number of alkyl halides is 3. The summed E-state index contributed by atoms with van der Waals surface area (Å²) in [6.07, 6.45) is -2.76. The Bertz CT molecular complexity index is 505. The quantitative estimate of drug-likeness (QED) is 0.870. The van der Waals surface area contributed by atoms with E-state index in [9.17, 15) is 23.1 Å². The molecule has 0 saturated heterocycles. The highest BCUT2D eigenvalue weighted by molar-refractivity contribution is 9.10. The number of carboxylic acid groups (broad SMARTS) is 1. The minimum absolute atomic E-state index is 0.117.